The maximum Gasteiger partial charge on any atom is 0.145 e. The molecule has 4 nitrogen and oxygen atoms in total. The standard InChI is InChI=1S/C12H11N3O/c1-7-3-8-5-9(6-13)12(14)15-11(8)10(4-7)16-2/h3-5H,1-2H3,(H2,14,15). The number of nitrogens with zero attached hydrogens (tertiary/aromatic N) is 2. The van der Waals surface area contributed by atoms with Crippen molar-refractivity contribution in [2.45, 2.75) is 6.92 Å². The molecular weight excluding hydrogens is 202 g/mol. The lowest BCUT2D eigenvalue weighted by atomic mass is 10.1. The van der Waals surface area contributed by atoms with Gasteiger partial charge in [-0.1, -0.05) is 0 Å². The van der Waals surface area contributed by atoms with E-state index in [2.05, 4.69) is 4.98 Å². The van der Waals surface area contributed by atoms with Crippen LogP contribution in [0.4, 0.5) is 5.82 Å². The van der Waals surface area contributed by atoms with E-state index in [1.165, 1.54) is 0 Å². The van der Waals surface area contributed by atoms with E-state index in [4.69, 9.17) is 15.7 Å². The number of anilines is 1. The molecule has 0 aliphatic carbocycles. The van der Waals surface area contributed by atoms with E-state index in [0.29, 0.717) is 16.8 Å². The van der Waals surface area contributed by atoms with Gasteiger partial charge in [0, 0.05) is 5.39 Å². The summed E-state index contributed by atoms with van der Waals surface area (Å²) in [4.78, 5) is 4.19. The monoisotopic (exact) mass is 213 g/mol. The summed E-state index contributed by atoms with van der Waals surface area (Å²) in [7, 11) is 1.59. The maximum absolute atomic E-state index is 8.87. The van der Waals surface area contributed by atoms with Gasteiger partial charge in [0.05, 0.1) is 12.7 Å². The number of methoxy groups -OCH3 is 1. The number of fused-ring (bicyclic) bond motifs is 1. The summed E-state index contributed by atoms with van der Waals surface area (Å²) in [5.74, 6) is 0.906. The normalized spacial score (nSPS) is 10.1. The average Bonchev–Trinajstić information content (AvgIpc) is 2.28. The molecule has 0 radical (unpaired) electrons. The highest BCUT2D eigenvalue weighted by molar-refractivity contribution is 5.88. The second-order valence-electron chi connectivity index (χ2n) is 3.57. The predicted molar refractivity (Wildman–Crippen MR) is 62.2 cm³/mol. The predicted octanol–water partition coefficient (Wildman–Crippen LogP) is 2.01. The molecule has 1 heterocycles. The molecule has 1 aromatic heterocycles. The first kappa shape index (κ1) is 10.2. The van der Waals surface area contributed by atoms with E-state index in [1.807, 2.05) is 25.1 Å². The molecule has 0 saturated carbocycles. The van der Waals surface area contributed by atoms with Gasteiger partial charge in [-0.25, -0.2) is 4.98 Å². The van der Waals surface area contributed by atoms with Crippen molar-refractivity contribution in [2.75, 3.05) is 12.8 Å². The number of nitrogen functional groups attached to an aromatic ring is 1. The average molecular weight is 213 g/mol. The largest absolute Gasteiger partial charge is 0.494 e. The van der Waals surface area contributed by atoms with Gasteiger partial charge in [0.25, 0.3) is 0 Å². The third kappa shape index (κ3) is 1.52. The number of benzene rings is 1. The molecule has 2 N–H and O–H groups in total. The molecule has 0 aliphatic heterocycles. The number of pyridine rings is 1. The lowest BCUT2D eigenvalue weighted by molar-refractivity contribution is 0.418. The van der Waals surface area contributed by atoms with Crippen LogP contribution < -0.4 is 10.5 Å². The van der Waals surface area contributed by atoms with E-state index in [1.54, 1.807) is 13.2 Å². The van der Waals surface area contributed by atoms with E-state index in [-0.39, 0.29) is 5.82 Å². The van der Waals surface area contributed by atoms with Crippen molar-refractivity contribution in [3.63, 3.8) is 0 Å². The highest BCUT2D eigenvalue weighted by atomic mass is 16.5. The van der Waals surface area contributed by atoms with E-state index in [9.17, 15) is 0 Å². The molecule has 2 aromatic rings. The summed E-state index contributed by atoms with van der Waals surface area (Å²) >= 11 is 0. The third-order valence-electron chi connectivity index (χ3n) is 2.40. The number of ether oxygens (including phenoxy) is 1. The quantitative estimate of drug-likeness (QED) is 0.786. The van der Waals surface area contributed by atoms with Crippen LogP contribution in [0.2, 0.25) is 0 Å². The topological polar surface area (TPSA) is 71.9 Å². The zero-order valence-corrected chi connectivity index (χ0v) is 9.11. The molecule has 0 unspecified atom stereocenters. The lowest BCUT2D eigenvalue weighted by Gasteiger charge is -2.07. The second-order valence-corrected chi connectivity index (χ2v) is 3.57. The van der Waals surface area contributed by atoms with Crippen LogP contribution in [0.1, 0.15) is 11.1 Å². The summed E-state index contributed by atoms with van der Waals surface area (Å²) in [5, 5.41) is 9.74. The molecule has 80 valence electrons. The van der Waals surface area contributed by atoms with Gasteiger partial charge in [-0.2, -0.15) is 5.26 Å². The Balaban J connectivity index is 2.85. The van der Waals surface area contributed by atoms with Crippen molar-refractivity contribution in [2.24, 2.45) is 0 Å². The minimum Gasteiger partial charge on any atom is -0.494 e. The molecule has 0 fully saturated rings. The van der Waals surface area contributed by atoms with Gasteiger partial charge in [0.15, 0.2) is 0 Å². The number of nitrogens with two attached hydrogens (primary N) is 1. The van der Waals surface area contributed by atoms with Gasteiger partial charge in [-0.15, -0.1) is 0 Å². The summed E-state index contributed by atoms with van der Waals surface area (Å²) in [6.07, 6.45) is 0. The van der Waals surface area contributed by atoms with E-state index < -0.39 is 0 Å². The number of nitriles is 1. The first-order valence-electron chi connectivity index (χ1n) is 4.80. The van der Waals surface area contributed by atoms with Crippen molar-refractivity contribution in [3.05, 3.63) is 29.3 Å². The summed E-state index contributed by atoms with van der Waals surface area (Å²) in [6.45, 7) is 1.96. The molecule has 0 aliphatic rings. The first-order chi connectivity index (χ1) is 7.65. The fraction of sp³-hybridized carbons (Fsp3) is 0.167. The van der Waals surface area contributed by atoms with Crippen LogP contribution in [0.25, 0.3) is 10.9 Å². The van der Waals surface area contributed by atoms with Crippen LogP contribution >= 0.6 is 0 Å². The fourth-order valence-corrected chi connectivity index (χ4v) is 1.66. The van der Waals surface area contributed by atoms with Crippen molar-refractivity contribution < 1.29 is 4.74 Å². The molecule has 2 rings (SSSR count). The highest BCUT2D eigenvalue weighted by Crippen LogP contribution is 2.27. The zero-order valence-electron chi connectivity index (χ0n) is 9.11. The lowest BCUT2D eigenvalue weighted by Crippen LogP contribution is -1.97. The van der Waals surface area contributed by atoms with Gasteiger partial charge >= 0.3 is 0 Å². The Morgan fingerprint density at radius 2 is 2.12 bits per heavy atom. The van der Waals surface area contributed by atoms with Crippen LogP contribution in [-0.2, 0) is 0 Å². The molecular formula is C12H11N3O. The number of hydrogen-bond donors (Lipinski definition) is 1. The Bertz CT molecular complexity index is 599. The second kappa shape index (κ2) is 3.70. The molecule has 0 spiro atoms. The minimum atomic E-state index is 0.233. The number of aromatic nitrogens is 1. The van der Waals surface area contributed by atoms with Gasteiger partial charge in [-0.05, 0) is 30.7 Å². The summed E-state index contributed by atoms with van der Waals surface area (Å²) < 4.78 is 5.24. The van der Waals surface area contributed by atoms with E-state index in [0.717, 1.165) is 10.9 Å². The first-order valence-corrected chi connectivity index (χ1v) is 4.80. The van der Waals surface area contributed by atoms with Crippen LogP contribution in [0.5, 0.6) is 5.75 Å². The number of aryl methyl sites for hydroxylation is 1. The molecule has 4 heteroatoms. The zero-order chi connectivity index (χ0) is 11.7. The van der Waals surface area contributed by atoms with Crippen molar-refractivity contribution in [1.29, 1.82) is 5.26 Å². The van der Waals surface area contributed by atoms with Crippen LogP contribution in [0.15, 0.2) is 18.2 Å². The van der Waals surface area contributed by atoms with Crippen LogP contribution in [-0.4, -0.2) is 12.1 Å². The molecule has 0 atom stereocenters. The third-order valence-corrected chi connectivity index (χ3v) is 2.40. The maximum atomic E-state index is 8.87. The fourth-order valence-electron chi connectivity index (χ4n) is 1.66. The Kier molecular flexibility index (Phi) is 2.37. The SMILES string of the molecule is COc1cc(C)cc2cc(C#N)c(N)nc12. The molecule has 0 amide bonds. The van der Waals surface area contributed by atoms with Crippen LogP contribution in [0, 0.1) is 18.3 Å². The molecule has 0 saturated heterocycles. The van der Waals surface area contributed by atoms with Crippen molar-refractivity contribution in [1.82, 2.24) is 4.98 Å². The molecule has 16 heavy (non-hydrogen) atoms. The number of rotatable bonds is 1. The van der Waals surface area contributed by atoms with Crippen molar-refractivity contribution in [3.8, 4) is 11.8 Å². The van der Waals surface area contributed by atoms with Crippen LogP contribution in [0.3, 0.4) is 0 Å². The summed E-state index contributed by atoms with van der Waals surface area (Å²) in [6, 6.07) is 7.58. The highest BCUT2D eigenvalue weighted by Gasteiger charge is 2.08. The smallest absolute Gasteiger partial charge is 0.145 e. The number of hydrogen-bond acceptors (Lipinski definition) is 4. The Morgan fingerprint density at radius 1 is 1.38 bits per heavy atom. The van der Waals surface area contributed by atoms with Gasteiger partial charge < -0.3 is 10.5 Å². The molecule has 0 bridgehead atoms. The Labute approximate surface area is 93.3 Å². The van der Waals surface area contributed by atoms with Crippen molar-refractivity contribution >= 4 is 16.7 Å². The van der Waals surface area contributed by atoms with Gasteiger partial charge in [0.1, 0.15) is 23.2 Å². The minimum absolute atomic E-state index is 0.233. The van der Waals surface area contributed by atoms with Gasteiger partial charge in [0.2, 0.25) is 0 Å². The Hall–Kier alpha value is -2.28. The molecule has 1 aromatic carbocycles. The van der Waals surface area contributed by atoms with Gasteiger partial charge in [-0.3, -0.25) is 0 Å². The van der Waals surface area contributed by atoms with E-state index >= 15 is 0 Å². The Morgan fingerprint density at radius 3 is 2.75 bits per heavy atom. The summed E-state index contributed by atoms with van der Waals surface area (Å²) in [5.41, 5.74) is 7.80.